The third kappa shape index (κ3) is 1.81. The average molecular weight is 129 g/mol. The van der Waals surface area contributed by atoms with Crippen molar-refractivity contribution in [2.24, 2.45) is 0 Å². The van der Waals surface area contributed by atoms with E-state index >= 15 is 0 Å². The van der Waals surface area contributed by atoms with Crippen LogP contribution < -0.4 is 5.32 Å². The lowest BCUT2D eigenvalue weighted by Crippen LogP contribution is -2.78. The number of nitrogens with zero attached hydrogens (tertiary/aromatic N) is 1. The zero-order chi connectivity index (χ0) is 6.69. The molecule has 50 valence electrons. The molecular weight excluding hydrogens is 120 g/mol. The highest BCUT2D eigenvalue weighted by atomic mass is 16.6. The van der Waals surface area contributed by atoms with Crippen LogP contribution in [0.2, 0.25) is 0 Å². The molecule has 0 radical (unpaired) electrons. The second-order valence-corrected chi connectivity index (χ2v) is 2.09. The van der Waals surface area contributed by atoms with Gasteiger partial charge in [-0.1, -0.05) is 0 Å². The van der Waals surface area contributed by atoms with Gasteiger partial charge in [0, 0.05) is 12.8 Å². The van der Waals surface area contributed by atoms with Gasteiger partial charge in [-0.15, -0.1) is 0 Å². The largest absolute Gasteiger partial charge is 0.312 e. The molecule has 0 saturated carbocycles. The van der Waals surface area contributed by atoms with Crippen LogP contribution in [0.25, 0.3) is 0 Å². The standard InChI is InChI=1S/C5H8N2O2/c8-7(9)4-5-2-1-3-6-5/h4,6H,1-3H2/p+1. The molecule has 0 unspecified atom stereocenters. The van der Waals surface area contributed by atoms with Crippen LogP contribution in [0.3, 0.4) is 0 Å². The van der Waals surface area contributed by atoms with Crippen LogP contribution in [0, 0.1) is 10.1 Å². The highest BCUT2D eigenvalue weighted by Crippen LogP contribution is 1.99. The lowest BCUT2D eigenvalue weighted by Gasteiger charge is -1.83. The summed E-state index contributed by atoms with van der Waals surface area (Å²) in [5, 5.41) is 11.8. The van der Waals surface area contributed by atoms with Crippen molar-refractivity contribution in [1.29, 1.82) is 0 Å². The SMILES string of the molecule is O=[N+]([O-])C=C1CCC[NH2+]1. The van der Waals surface area contributed by atoms with E-state index in [1.54, 1.807) is 0 Å². The number of rotatable bonds is 1. The van der Waals surface area contributed by atoms with Gasteiger partial charge in [0.15, 0.2) is 5.70 Å². The van der Waals surface area contributed by atoms with Gasteiger partial charge in [-0.2, -0.15) is 0 Å². The predicted octanol–water partition coefficient (Wildman–Crippen LogP) is -0.538. The van der Waals surface area contributed by atoms with Crippen LogP contribution in [-0.4, -0.2) is 11.5 Å². The highest BCUT2D eigenvalue weighted by molar-refractivity contribution is 4.85. The normalized spacial score (nSPS) is 22.9. The molecule has 9 heavy (non-hydrogen) atoms. The van der Waals surface area contributed by atoms with Crippen molar-refractivity contribution in [3.63, 3.8) is 0 Å². The van der Waals surface area contributed by atoms with Crippen molar-refractivity contribution < 1.29 is 10.2 Å². The minimum Gasteiger partial charge on any atom is -0.312 e. The first-order chi connectivity index (χ1) is 4.29. The Kier molecular flexibility index (Phi) is 1.79. The summed E-state index contributed by atoms with van der Waals surface area (Å²) in [6.45, 7) is 1.000. The van der Waals surface area contributed by atoms with Gasteiger partial charge in [0.1, 0.15) is 0 Å². The second kappa shape index (κ2) is 2.59. The molecule has 0 bridgehead atoms. The third-order valence-corrected chi connectivity index (χ3v) is 1.35. The molecule has 0 aromatic rings. The van der Waals surface area contributed by atoms with E-state index in [9.17, 15) is 10.1 Å². The summed E-state index contributed by atoms with van der Waals surface area (Å²) < 4.78 is 0. The quantitative estimate of drug-likeness (QED) is 0.382. The summed E-state index contributed by atoms with van der Waals surface area (Å²) >= 11 is 0. The van der Waals surface area contributed by atoms with Gasteiger partial charge in [-0.25, -0.2) is 0 Å². The maximum Gasteiger partial charge on any atom is 0.289 e. The molecule has 1 saturated heterocycles. The topological polar surface area (TPSA) is 59.8 Å². The molecule has 0 aliphatic carbocycles. The zero-order valence-corrected chi connectivity index (χ0v) is 5.04. The summed E-state index contributed by atoms with van der Waals surface area (Å²) in [7, 11) is 0. The fraction of sp³-hybridized carbons (Fsp3) is 0.600. The predicted molar refractivity (Wildman–Crippen MR) is 31.1 cm³/mol. The first kappa shape index (κ1) is 6.22. The molecule has 0 atom stereocenters. The Bertz CT molecular complexity index is 145. The van der Waals surface area contributed by atoms with Crippen LogP contribution in [0.4, 0.5) is 0 Å². The Morgan fingerprint density at radius 1 is 1.78 bits per heavy atom. The summed E-state index contributed by atoms with van der Waals surface area (Å²) in [4.78, 5) is 9.47. The summed E-state index contributed by atoms with van der Waals surface area (Å²) in [5.74, 6) is 0. The van der Waals surface area contributed by atoms with E-state index in [0.717, 1.165) is 31.3 Å². The van der Waals surface area contributed by atoms with Crippen LogP contribution in [-0.2, 0) is 0 Å². The molecule has 2 N–H and O–H groups in total. The molecule has 4 nitrogen and oxygen atoms in total. The van der Waals surface area contributed by atoms with Crippen LogP contribution >= 0.6 is 0 Å². The van der Waals surface area contributed by atoms with E-state index in [4.69, 9.17) is 0 Å². The van der Waals surface area contributed by atoms with Crippen molar-refractivity contribution in [1.82, 2.24) is 0 Å². The monoisotopic (exact) mass is 129 g/mol. The Morgan fingerprint density at radius 3 is 3.00 bits per heavy atom. The molecule has 1 aliphatic rings. The fourth-order valence-corrected chi connectivity index (χ4v) is 0.948. The lowest BCUT2D eigenvalue weighted by atomic mass is 10.3. The molecule has 0 spiro atoms. The molecule has 1 heterocycles. The lowest BCUT2D eigenvalue weighted by molar-refractivity contribution is -0.598. The van der Waals surface area contributed by atoms with Crippen molar-refractivity contribution in [3.05, 3.63) is 22.0 Å². The Morgan fingerprint density at radius 2 is 2.56 bits per heavy atom. The van der Waals surface area contributed by atoms with Crippen molar-refractivity contribution in [2.45, 2.75) is 12.8 Å². The first-order valence-corrected chi connectivity index (χ1v) is 2.96. The van der Waals surface area contributed by atoms with Crippen LogP contribution in [0.15, 0.2) is 11.9 Å². The van der Waals surface area contributed by atoms with E-state index in [-0.39, 0.29) is 0 Å². The Hall–Kier alpha value is -0.900. The Balaban J connectivity index is 2.49. The summed E-state index contributed by atoms with van der Waals surface area (Å²) in [6, 6.07) is 0. The second-order valence-electron chi connectivity index (χ2n) is 2.09. The molecule has 1 rings (SSSR count). The smallest absolute Gasteiger partial charge is 0.289 e. The maximum absolute atomic E-state index is 9.86. The van der Waals surface area contributed by atoms with Crippen LogP contribution in [0.1, 0.15) is 12.8 Å². The van der Waals surface area contributed by atoms with E-state index in [1.807, 2.05) is 5.32 Å². The van der Waals surface area contributed by atoms with Gasteiger partial charge < -0.3 is 5.32 Å². The number of nitrogens with two attached hydrogens (primary N) is 1. The first-order valence-electron chi connectivity index (χ1n) is 2.96. The Labute approximate surface area is 52.7 Å². The average Bonchev–Trinajstić information content (AvgIpc) is 2.15. The molecule has 0 aromatic carbocycles. The number of nitro groups is 1. The maximum atomic E-state index is 9.86. The van der Waals surface area contributed by atoms with E-state index in [1.165, 1.54) is 0 Å². The summed E-state index contributed by atoms with van der Waals surface area (Å²) in [5.41, 5.74) is 0.875. The van der Waals surface area contributed by atoms with Crippen LogP contribution in [0.5, 0.6) is 0 Å². The van der Waals surface area contributed by atoms with Crippen molar-refractivity contribution in [2.75, 3.05) is 6.54 Å². The van der Waals surface area contributed by atoms with Crippen molar-refractivity contribution in [3.8, 4) is 0 Å². The number of hydrogen-bond donors (Lipinski definition) is 1. The molecule has 0 aromatic heterocycles. The van der Waals surface area contributed by atoms with E-state index in [2.05, 4.69) is 0 Å². The minimum atomic E-state index is -0.392. The van der Waals surface area contributed by atoms with Gasteiger partial charge in [-0.3, -0.25) is 10.1 Å². The van der Waals surface area contributed by atoms with Crippen molar-refractivity contribution >= 4 is 0 Å². The van der Waals surface area contributed by atoms with Gasteiger partial charge in [0.25, 0.3) is 6.20 Å². The minimum absolute atomic E-state index is 0.392. The third-order valence-electron chi connectivity index (χ3n) is 1.35. The van der Waals surface area contributed by atoms with E-state index < -0.39 is 4.92 Å². The zero-order valence-electron chi connectivity index (χ0n) is 5.04. The molecule has 4 heteroatoms. The summed E-state index contributed by atoms with van der Waals surface area (Å²) in [6.07, 6.45) is 3.04. The molecule has 1 fully saturated rings. The number of quaternary nitrogens is 1. The van der Waals surface area contributed by atoms with Gasteiger partial charge in [0.2, 0.25) is 0 Å². The fourth-order valence-electron chi connectivity index (χ4n) is 0.948. The molecule has 1 aliphatic heterocycles. The number of allylic oxidation sites excluding steroid dienone is 1. The highest BCUT2D eigenvalue weighted by Gasteiger charge is 2.13. The van der Waals surface area contributed by atoms with Gasteiger partial charge in [-0.05, 0) is 0 Å². The number of hydrogen-bond acceptors (Lipinski definition) is 2. The van der Waals surface area contributed by atoms with Gasteiger partial charge in [0.05, 0.1) is 11.5 Å². The molecular formula is C5H9N2O2+. The van der Waals surface area contributed by atoms with E-state index in [0.29, 0.717) is 0 Å². The van der Waals surface area contributed by atoms with Gasteiger partial charge >= 0.3 is 0 Å². The molecule has 0 amide bonds.